The zero-order valence-electron chi connectivity index (χ0n) is 14.9. The van der Waals surface area contributed by atoms with Crippen LogP contribution in [-0.4, -0.2) is 25.0 Å². The second-order valence-corrected chi connectivity index (χ2v) is 7.20. The van der Waals surface area contributed by atoms with Gasteiger partial charge >= 0.3 is 0 Å². The maximum absolute atomic E-state index is 5.83. The summed E-state index contributed by atoms with van der Waals surface area (Å²) in [7, 11) is 0. The van der Waals surface area contributed by atoms with Gasteiger partial charge in [0.1, 0.15) is 34.8 Å². The second-order valence-electron chi connectivity index (χ2n) is 6.19. The highest BCUT2D eigenvalue weighted by Gasteiger charge is 2.10. The highest BCUT2D eigenvalue weighted by Crippen LogP contribution is 2.29. The van der Waals surface area contributed by atoms with E-state index in [1.165, 1.54) is 0 Å². The molecule has 1 aromatic rings. The molecule has 0 radical (unpaired) electrons. The molecule has 0 N–H and O–H groups in total. The Balaban J connectivity index is 2.72. The monoisotopic (exact) mass is 373 g/mol. The lowest BCUT2D eigenvalue weighted by molar-refractivity contribution is 0.00128. The molecule has 0 saturated heterocycles. The minimum absolute atomic E-state index is 0.194. The number of benzene rings is 1. The van der Waals surface area contributed by atoms with Crippen molar-refractivity contribution in [1.29, 1.82) is 0 Å². The van der Waals surface area contributed by atoms with Crippen LogP contribution in [0.25, 0.3) is 0 Å². The molecule has 134 valence electrons. The molecule has 0 saturated carbocycles. The van der Waals surface area contributed by atoms with Crippen LogP contribution in [0.15, 0.2) is 27.9 Å². The van der Waals surface area contributed by atoms with Gasteiger partial charge in [-0.15, -0.1) is 0 Å². The summed E-state index contributed by atoms with van der Waals surface area (Å²) in [6, 6.07) is 3.88. The minimum atomic E-state index is -0.305. The predicted molar refractivity (Wildman–Crippen MR) is 101 cm³/mol. The molecule has 4 nitrogen and oxygen atoms in total. The Bertz CT molecular complexity index is 589. The molecule has 0 aliphatic heterocycles. The first-order valence-electron chi connectivity index (χ1n) is 7.83. The predicted octanol–water partition coefficient (Wildman–Crippen LogP) is 5.43. The van der Waals surface area contributed by atoms with Crippen molar-refractivity contribution in [2.24, 2.45) is 5.16 Å². The summed E-state index contributed by atoms with van der Waals surface area (Å²) in [6.07, 6.45) is 4.04. The molecule has 0 aliphatic rings. The van der Waals surface area contributed by atoms with E-state index in [2.05, 4.69) is 12.1 Å². The summed E-state index contributed by atoms with van der Waals surface area (Å²) in [5, 5.41) is 3.91. The molecule has 0 bridgehead atoms. The van der Waals surface area contributed by atoms with E-state index in [0.29, 0.717) is 13.2 Å². The summed E-state index contributed by atoms with van der Waals surface area (Å²) in [6.45, 7) is 10.5. The van der Waals surface area contributed by atoms with Crippen LogP contribution in [0.3, 0.4) is 0 Å². The highest BCUT2D eigenvalue weighted by atomic mass is 35.5. The third kappa shape index (κ3) is 7.93. The summed E-state index contributed by atoms with van der Waals surface area (Å²) < 4.78 is 11.7. The van der Waals surface area contributed by atoms with Gasteiger partial charge in [0.05, 0.1) is 6.21 Å². The normalized spacial score (nSPS) is 11.5. The van der Waals surface area contributed by atoms with Gasteiger partial charge in [0, 0.05) is 0 Å². The fourth-order valence-corrected chi connectivity index (χ4v) is 2.04. The first kappa shape index (κ1) is 20.7. The van der Waals surface area contributed by atoms with E-state index < -0.39 is 0 Å². The van der Waals surface area contributed by atoms with E-state index in [-0.39, 0.29) is 10.1 Å². The van der Waals surface area contributed by atoms with E-state index in [9.17, 15) is 0 Å². The number of ether oxygens (including phenoxy) is 2. The molecule has 0 fully saturated rings. The fraction of sp³-hybridized carbons (Fsp3) is 0.500. The quantitative estimate of drug-likeness (QED) is 0.450. The van der Waals surface area contributed by atoms with Gasteiger partial charge in [0.25, 0.3) is 0 Å². The topological polar surface area (TPSA) is 40.0 Å². The van der Waals surface area contributed by atoms with Gasteiger partial charge in [-0.05, 0) is 63.5 Å². The molecule has 0 spiro atoms. The van der Waals surface area contributed by atoms with E-state index in [4.69, 9.17) is 37.5 Å². The molecule has 6 heteroatoms. The molecule has 0 unspecified atom stereocenters. The molecular formula is C18H25Cl2NO3. The minimum Gasteiger partial charge on any atom is -0.489 e. The SMILES string of the molecule is CCc1cc(OCC=C(Cl)Cl)cc(C)c1OCC=NOC(C)(C)C. The second kappa shape index (κ2) is 9.80. The summed E-state index contributed by atoms with van der Waals surface area (Å²) in [5.41, 5.74) is 1.76. The largest absolute Gasteiger partial charge is 0.489 e. The third-order valence-electron chi connectivity index (χ3n) is 2.90. The molecule has 0 aliphatic carbocycles. The van der Waals surface area contributed by atoms with Crippen LogP contribution < -0.4 is 9.47 Å². The van der Waals surface area contributed by atoms with Crippen LogP contribution in [0.1, 0.15) is 38.8 Å². The maximum Gasteiger partial charge on any atom is 0.129 e. The average molecular weight is 374 g/mol. The number of halogens is 2. The number of rotatable bonds is 8. The molecule has 0 atom stereocenters. The first-order chi connectivity index (χ1) is 11.2. The lowest BCUT2D eigenvalue weighted by atomic mass is 10.1. The van der Waals surface area contributed by atoms with Gasteiger partial charge in [-0.1, -0.05) is 35.3 Å². The Labute approximate surface area is 154 Å². The molecule has 1 aromatic carbocycles. The Morgan fingerprint density at radius 2 is 1.88 bits per heavy atom. The van der Waals surface area contributed by atoms with Gasteiger partial charge < -0.3 is 14.3 Å². The average Bonchev–Trinajstić information content (AvgIpc) is 2.46. The van der Waals surface area contributed by atoms with Gasteiger partial charge in [-0.2, -0.15) is 0 Å². The number of oxime groups is 1. The third-order valence-corrected chi connectivity index (χ3v) is 3.21. The Morgan fingerprint density at radius 1 is 1.17 bits per heavy atom. The van der Waals surface area contributed by atoms with Crippen molar-refractivity contribution in [3.63, 3.8) is 0 Å². The van der Waals surface area contributed by atoms with Gasteiger partial charge in [-0.25, -0.2) is 0 Å². The fourth-order valence-electron chi connectivity index (χ4n) is 1.91. The molecule has 24 heavy (non-hydrogen) atoms. The van der Waals surface area contributed by atoms with E-state index in [1.54, 1.807) is 12.3 Å². The van der Waals surface area contributed by atoms with E-state index >= 15 is 0 Å². The van der Waals surface area contributed by atoms with Crippen LogP contribution in [0.4, 0.5) is 0 Å². The number of hydrogen-bond acceptors (Lipinski definition) is 4. The van der Waals surface area contributed by atoms with Crippen LogP contribution in [0.5, 0.6) is 11.5 Å². The van der Waals surface area contributed by atoms with Crippen molar-refractivity contribution >= 4 is 29.4 Å². The molecule has 0 amide bonds. The molecule has 0 heterocycles. The van der Waals surface area contributed by atoms with Crippen molar-refractivity contribution in [3.8, 4) is 11.5 Å². The Kier molecular flexibility index (Phi) is 8.43. The van der Waals surface area contributed by atoms with Gasteiger partial charge in [0.2, 0.25) is 0 Å². The summed E-state index contributed by atoms with van der Waals surface area (Å²) in [4.78, 5) is 5.28. The van der Waals surface area contributed by atoms with Crippen molar-refractivity contribution in [2.45, 2.75) is 46.6 Å². The van der Waals surface area contributed by atoms with Gasteiger partial charge in [-0.3, -0.25) is 0 Å². The van der Waals surface area contributed by atoms with E-state index in [1.807, 2.05) is 39.8 Å². The van der Waals surface area contributed by atoms with Crippen LogP contribution in [-0.2, 0) is 11.3 Å². The Morgan fingerprint density at radius 3 is 2.46 bits per heavy atom. The number of nitrogens with zero attached hydrogens (tertiary/aromatic N) is 1. The molecular weight excluding hydrogens is 349 g/mol. The van der Waals surface area contributed by atoms with Crippen molar-refractivity contribution < 1.29 is 14.3 Å². The van der Waals surface area contributed by atoms with Crippen molar-refractivity contribution in [2.75, 3.05) is 13.2 Å². The van der Waals surface area contributed by atoms with Crippen LogP contribution in [0, 0.1) is 6.92 Å². The van der Waals surface area contributed by atoms with Crippen molar-refractivity contribution in [1.82, 2.24) is 0 Å². The zero-order chi connectivity index (χ0) is 18.2. The van der Waals surface area contributed by atoms with Crippen LogP contribution in [0.2, 0.25) is 0 Å². The molecule has 0 aromatic heterocycles. The van der Waals surface area contributed by atoms with Crippen molar-refractivity contribution in [3.05, 3.63) is 33.8 Å². The molecule has 1 rings (SSSR count). The summed E-state index contributed by atoms with van der Waals surface area (Å²) in [5.74, 6) is 1.60. The zero-order valence-corrected chi connectivity index (χ0v) is 16.4. The van der Waals surface area contributed by atoms with E-state index in [0.717, 1.165) is 29.0 Å². The number of hydrogen-bond donors (Lipinski definition) is 0. The standard InChI is InChI=1S/C18H25Cl2NO3/c1-6-14-12-15(22-9-7-16(19)20)11-13(2)17(14)23-10-8-21-24-18(3,4)5/h7-8,11-12H,6,9-10H2,1-5H3. The maximum atomic E-state index is 5.83. The highest BCUT2D eigenvalue weighted by molar-refractivity contribution is 6.55. The number of aryl methyl sites for hydroxylation is 2. The van der Waals surface area contributed by atoms with Gasteiger partial charge in [0.15, 0.2) is 0 Å². The lowest BCUT2D eigenvalue weighted by Crippen LogP contribution is -2.16. The summed E-state index contributed by atoms with van der Waals surface area (Å²) >= 11 is 11.1. The first-order valence-corrected chi connectivity index (χ1v) is 8.58. The smallest absolute Gasteiger partial charge is 0.129 e. The van der Waals surface area contributed by atoms with Crippen LogP contribution >= 0.6 is 23.2 Å². The Hall–Kier alpha value is -1.39. The lowest BCUT2D eigenvalue weighted by Gasteiger charge is -2.16.